The third-order valence-corrected chi connectivity index (χ3v) is 4.49. The Morgan fingerprint density at radius 3 is 2.85 bits per heavy atom. The maximum Gasteiger partial charge on any atom is 0.243 e. The molecule has 1 saturated carbocycles. The second-order valence-electron chi connectivity index (χ2n) is 6.57. The van der Waals surface area contributed by atoms with Gasteiger partial charge in [-0.2, -0.15) is 4.98 Å². The molecule has 1 amide bonds. The maximum absolute atomic E-state index is 13.3. The molecule has 7 nitrogen and oxygen atoms in total. The van der Waals surface area contributed by atoms with E-state index in [1.165, 1.54) is 12.5 Å². The van der Waals surface area contributed by atoms with Crippen molar-refractivity contribution in [2.75, 3.05) is 30.3 Å². The van der Waals surface area contributed by atoms with Crippen LogP contribution in [0.2, 0.25) is 0 Å². The Bertz CT molecular complexity index is 803. The van der Waals surface area contributed by atoms with Crippen molar-refractivity contribution >= 4 is 23.7 Å². The van der Waals surface area contributed by atoms with Gasteiger partial charge in [-0.1, -0.05) is 6.07 Å². The minimum Gasteiger partial charge on any atom is -0.368 e. The Balaban J connectivity index is 0.000000157. The Morgan fingerprint density at radius 2 is 2.19 bits per heavy atom. The number of halogens is 1. The predicted octanol–water partition coefficient (Wildman–Crippen LogP) is 1.88. The zero-order valence-corrected chi connectivity index (χ0v) is 15.2. The van der Waals surface area contributed by atoms with Gasteiger partial charge in [-0.15, -0.1) is 0 Å². The summed E-state index contributed by atoms with van der Waals surface area (Å²) >= 11 is 0. The van der Waals surface area contributed by atoms with Gasteiger partial charge in [-0.25, -0.2) is 9.37 Å². The number of rotatable bonds is 4. The summed E-state index contributed by atoms with van der Waals surface area (Å²) in [6.45, 7) is 4.36. The van der Waals surface area contributed by atoms with E-state index in [0.717, 1.165) is 36.7 Å². The number of aromatic nitrogens is 3. The van der Waals surface area contributed by atoms with Crippen molar-refractivity contribution in [2.24, 2.45) is 11.8 Å². The monoisotopic (exact) mass is 370 g/mol. The largest absolute Gasteiger partial charge is 0.368 e. The van der Waals surface area contributed by atoms with Gasteiger partial charge in [0, 0.05) is 38.1 Å². The van der Waals surface area contributed by atoms with E-state index in [1.807, 2.05) is 24.0 Å². The lowest BCUT2D eigenvalue weighted by Crippen LogP contribution is -2.24. The molecule has 2 fully saturated rings. The van der Waals surface area contributed by atoms with Crippen LogP contribution < -0.4 is 16.0 Å². The molecule has 2 aromatic rings. The number of hydrogen-bond donors (Lipinski definition) is 2. The van der Waals surface area contributed by atoms with Crippen LogP contribution in [0.3, 0.4) is 0 Å². The fourth-order valence-electron chi connectivity index (χ4n) is 3.04. The van der Waals surface area contributed by atoms with E-state index in [9.17, 15) is 9.18 Å². The smallest absolute Gasteiger partial charge is 0.243 e. The van der Waals surface area contributed by atoms with Crippen molar-refractivity contribution in [3.05, 3.63) is 48.2 Å². The van der Waals surface area contributed by atoms with Gasteiger partial charge in [0.05, 0.1) is 6.20 Å². The van der Waals surface area contributed by atoms with Gasteiger partial charge in [0.2, 0.25) is 11.9 Å². The number of nitrogens with zero attached hydrogens (tertiary/aromatic N) is 4. The molecular weight excluding hydrogens is 347 g/mol. The minimum atomic E-state index is -0.375. The van der Waals surface area contributed by atoms with E-state index in [-0.39, 0.29) is 17.7 Å². The first-order chi connectivity index (χ1) is 13.1. The SMILES string of the molecule is CCNC(=O)/C=C/c1cccnc1.Nc1ncc(F)c(N2CC3CC3C2)n1. The van der Waals surface area contributed by atoms with E-state index < -0.39 is 0 Å². The lowest BCUT2D eigenvalue weighted by atomic mass is 10.2. The summed E-state index contributed by atoms with van der Waals surface area (Å²) in [5, 5.41) is 2.67. The lowest BCUT2D eigenvalue weighted by molar-refractivity contribution is -0.116. The number of pyridine rings is 1. The van der Waals surface area contributed by atoms with Gasteiger partial charge in [0.1, 0.15) is 0 Å². The molecule has 1 saturated heterocycles. The topological polar surface area (TPSA) is 97.0 Å². The molecule has 27 heavy (non-hydrogen) atoms. The van der Waals surface area contributed by atoms with Crippen LogP contribution in [-0.4, -0.2) is 40.5 Å². The minimum absolute atomic E-state index is 0.0775. The maximum atomic E-state index is 13.3. The molecule has 0 radical (unpaired) electrons. The number of carbonyl (C=O) groups excluding carboxylic acids is 1. The van der Waals surface area contributed by atoms with Gasteiger partial charge in [-0.05, 0) is 42.9 Å². The van der Waals surface area contributed by atoms with E-state index in [2.05, 4.69) is 20.3 Å². The number of anilines is 2. The third kappa shape index (κ3) is 5.22. The summed E-state index contributed by atoms with van der Waals surface area (Å²) in [5.74, 6) is 1.56. The molecular formula is C19H23FN6O. The van der Waals surface area contributed by atoms with Crippen molar-refractivity contribution in [3.8, 4) is 0 Å². The summed E-state index contributed by atoms with van der Waals surface area (Å²) in [4.78, 5) is 24.4. The molecule has 142 valence electrons. The van der Waals surface area contributed by atoms with Crippen LogP contribution in [0.15, 0.2) is 36.8 Å². The highest BCUT2D eigenvalue weighted by atomic mass is 19.1. The standard InChI is InChI=1S/C10H12N2O.C9H11FN4/c1-2-12-10(13)6-5-9-4-3-7-11-8-9;10-7-2-12-9(11)13-8(7)14-3-5-1-6(5)4-14/h3-8H,2H2,1H3,(H,12,13);2,5-6H,1,3-4H2,(H2,11,12,13)/b6-5+;. The number of nitrogens with two attached hydrogens (primary N) is 1. The highest BCUT2D eigenvalue weighted by molar-refractivity contribution is 5.91. The highest BCUT2D eigenvalue weighted by Gasteiger charge is 2.46. The van der Waals surface area contributed by atoms with Gasteiger partial charge < -0.3 is 16.0 Å². The highest BCUT2D eigenvalue weighted by Crippen LogP contribution is 2.46. The average molecular weight is 370 g/mol. The van der Waals surface area contributed by atoms with Crippen molar-refractivity contribution in [1.82, 2.24) is 20.3 Å². The lowest BCUT2D eigenvalue weighted by Gasteiger charge is -2.19. The summed E-state index contributed by atoms with van der Waals surface area (Å²) < 4.78 is 13.3. The zero-order chi connectivity index (χ0) is 19.2. The van der Waals surface area contributed by atoms with E-state index in [4.69, 9.17) is 5.73 Å². The van der Waals surface area contributed by atoms with E-state index in [1.54, 1.807) is 18.5 Å². The third-order valence-electron chi connectivity index (χ3n) is 4.49. The van der Waals surface area contributed by atoms with Gasteiger partial charge in [-0.3, -0.25) is 9.78 Å². The van der Waals surface area contributed by atoms with Crippen LogP contribution in [0.1, 0.15) is 18.9 Å². The van der Waals surface area contributed by atoms with Crippen molar-refractivity contribution in [3.63, 3.8) is 0 Å². The van der Waals surface area contributed by atoms with Gasteiger partial charge >= 0.3 is 0 Å². The molecule has 3 heterocycles. The van der Waals surface area contributed by atoms with Crippen LogP contribution in [0.25, 0.3) is 6.08 Å². The Hall–Kier alpha value is -3.03. The number of carbonyl (C=O) groups is 1. The van der Waals surface area contributed by atoms with Crippen molar-refractivity contribution in [1.29, 1.82) is 0 Å². The summed E-state index contributed by atoms with van der Waals surface area (Å²) in [6, 6.07) is 3.72. The average Bonchev–Trinajstić information content (AvgIpc) is 3.29. The normalized spacial score (nSPS) is 20.0. The van der Waals surface area contributed by atoms with Crippen molar-refractivity contribution < 1.29 is 9.18 Å². The summed E-state index contributed by atoms with van der Waals surface area (Å²) in [5.41, 5.74) is 6.35. The van der Waals surface area contributed by atoms with Gasteiger partial charge in [0.25, 0.3) is 0 Å². The van der Waals surface area contributed by atoms with Crippen LogP contribution >= 0.6 is 0 Å². The summed E-state index contributed by atoms with van der Waals surface area (Å²) in [7, 11) is 0. The molecule has 1 aliphatic heterocycles. The van der Waals surface area contributed by atoms with E-state index in [0.29, 0.717) is 12.4 Å². The fourth-order valence-corrected chi connectivity index (χ4v) is 3.04. The number of amides is 1. The summed E-state index contributed by atoms with van der Waals surface area (Å²) in [6.07, 6.45) is 9.07. The van der Waals surface area contributed by atoms with E-state index >= 15 is 0 Å². The molecule has 0 aromatic carbocycles. The zero-order valence-electron chi connectivity index (χ0n) is 15.2. The van der Waals surface area contributed by atoms with Gasteiger partial charge in [0.15, 0.2) is 11.6 Å². The molecule has 0 bridgehead atoms. The molecule has 3 N–H and O–H groups in total. The molecule has 2 unspecified atom stereocenters. The Kier molecular flexibility index (Phi) is 5.95. The van der Waals surface area contributed by atoms with Crippen LogP contribution in [-0.2, 0) is 4.79 Å². The van der Waals surface area contributed by atoms with Crippen LogP contribution in [0, 0.1) is 17.7 Å². The molecule has 2 aliphatic rings. The quantitative estimate of drug-likeness (QED) is 0.798. The molecule has 8 heteroatoms. The predicted molar refractivity (Wildman–Crippen MR) is 102 cm³/mol. The molecule has 2 atom stereocenters. The Morgan fingerprint density at radius 1 is 1.41 bits per heavy atom. The molecule has 0 spiro atoms. The fraction of sp³-hybridized carbons (Fsp3) is 0.368. The van der Waals surface area contributed by atoms with Crippen molar-refractivity contribution in [2.45, 2.75) is 13.3 Å². The number of fused-ring (bicyclic) bond motifs is 1. The number of hydrogen-bond acceptors (Lipinski definition) is 6. The second-order valence-corrected chi connectivity index (χ2v) is 6.57. The second kappa shape index (κ2) is 8.57. The Labute approximate surface area is 157 Å². The first-order valence-electron chi connectivity index (χ1n) is 8.95. The first kappa shape index (κ1) is 18.8. The molecule has 4 rings (SSSR count). The number of likely N-dealkylation sites (N-methyl/N-ethyl adjacent to an activating group) is 1. The molecule has 1 aliphatic carbocycles. The number of nitrogens with one attached hydrogen (secondary N) is 1. The number of piperidine rings is 1. The molecule has 2 aromatic heterocycles. The first-order valence-corrected chi connectivity index (χ1v) is 8.95. The van der Waals surface area contributed by atoms with Crippen LogP contribution in [0.4, 0.5) is 16.2 Å². The van der Waals surface area contributed by atoms with Crippen LogP contribution in [0.5, 0.6) is 0 Å². The number of nitrogen functional groups attached to an aromatic ring is 1.